The first-order chi connectivity index (χ1) is 9.86. The van der Waals surface area contributed by atoms with Crippen LogP contribution in [0.2, 0.25) is 0 Å². The predicted molar refractivity (Wildman–Crippen MR) is 72.6 cm³/mol. The average Bonchev–Trinajstić information content (AvgIpc) is 2.46. The van der Waals surface area contributed by atoms with E-state index in [0.717, 1.165) is 6.07 Å². The Morgan fingerprint density at radius 2 is 1.67 bits per heavy atom. The van der Waals surface area contributed by atoms with Gasteiger partial charge in [0.1, 0.15) is 0 Å². The number of rotatable bonds is 2. The molecule has 0 aromatic heterocycles. The van der Waals surface area contributed by atoms with E-state index in [4.69, 9.17) is 5.73 Å². The normalized spacial score (nSPS) is 11.2. The third-order valence-electron chi connectivity index (χ3n) is 3.03. The molecule has 2 aromatic carbocycles. The Balaban J connectivity index is 2.67. The number of esters is 1. The van der Waals surface area contributed by atoms with Gasteiger partial charge in [0, 0.05) is 5.56 Å². The maximum absolute atomic E-state index is 13.1. The number of nitrogens with two attached hydrogens (primary N) is 1. The van der Waals surface area contributed by atoms with E-state index in [2.05, 4.69) is 4.74 Å². The molecule has 0 aliphatic heterocycles. The monoisotopic (exact) mass is 295 g/mol. The van der Waals surface area contributed by atoms with Gasteiger partial charge >= 0.3 is 12.1 Å². The van der Waals surface area contributed by atoms with Crippen molar-refractivity contribution in [3.05, 3.63) is 53.6 Å². The summed E-state index contributed by atoms with van der Waals surface area (Å²) in [6.07, 6.45) is -4.51. The van der Waals surface area contributed by atoms with E-state index in [1.165, 1.54) is 43.5 Å². The molecule has 6 heteroatoms. The fourth-order valence-electron chi connectivity index (χ4n) is 2.05. The lowest BCUT2D eigenvalue weighted by Crippen LogP contribution is -2.10. The van der Waals surface area contributed by atoms with E-state index >= 15 is 0 Å². The van der Waals surface area contributed by atoms with Crippen molar-refractivity contribution < 1.29 is 22.7 Å². The van der Waals surface area contributed by atoms with Gasteiger partial charge < -0.3 is 10.5 Å². The number of hydrogen-bond donors (Lipinski definition) is 1. The largest absolute Gasteiger partial charge is 0.465 e. The summed E-state index contributed by atoms with van der Waals surface area (Å²) in [4.78, 5) is 11.6. The first-order valence-corrected chi connectivity index (χ1v) is 5.99. The number of ether oxygens (including phenoxy) is 1. The molecule has 110 valence electrons. The second kappa shape index (κ2) is 5.47. The number of halogens is 3. The summed E-state index contributed by atoms with van der Waals surface area (Å²) >= 11 is 0. The van der Waals surface area contributed by atoms with Crippen LogP contribution in [0.4, 0.5) is 18.9 Å². The molecule has 0 aliphatic rings. The van der Waals surface area contributed by atoms with Crippen LogP contribution in [-0.4, -0.2) is 13.1 Å². The average molecular weight is 295 g/mol. The Labute approximate surface area is 119 Å². The zero-order valence-electron chi connectivity index (χ0n) is 11.1. The van der Waals surface area contributed by atoms with Gasteiger partial charge in [-0.1, -0.05) is 30.3 Å². The molecule has 2 N–H and O–H groups in total. The van der Waals surface area contributed by atoms with E-state index in [1.807, 2.05) is 0 Å². The van der Waals surface area contributed by atoms with Crippen LogP contribution in [0.15, 0.2) is 42.5 Å². The Morgan fingerprint density at radius 3 is 2.29 bits per heavy atom. The van der Waals surface area contributed by atoms with Gasteiger partial charge in [0.2, 0.25) is 0 Å². The molecule has 2 rings (SSSR count). The van der Waals surface area contributed by atoms with E-state index in [-0.39, 0.29) is 22.4 Å². The maximum Gasteiger partial charge on any atom is 0.417 e. The second-order valence-electron chi connectivity index (χ2n) is 4.30. The zero-order chi connectivity index (χ0) is 15.6. The van der Waals surface area contributed by atoms with Gasteiger partial charge in [0.15, 0.2) is 0 Å². The summed E-state index contributed by atoms with van der Waals surface area (Å²) in [6.45, 7) is 0. The highest BCUT2D eigenvalue weighted by Crippen LogP contribution is 2.39. The molecule has 0 unspecified atom stereocenters. The van der Waals surface area contributed by atoms with Crippen molar-refractivity contribution in [2.24, 2.45) is 0 Å². The van der Waals surface area contributed by atoms with Gasteiger partial charge in [0.25, 0.3) is 0 Å². The maximum atomic E-state index is 13.1. The Hall–Kier alpha value is -2.50. The van der Waals surface area contributed by atoms with Crippen LogP contribution in [0.25, 0.3) is 11.1 Å². The highest BCUT2D eigenvalue weighted by atomic mass is 19.4. The number of benzene rings is 2. The molecule has 0 atom stereocenters. The summed E-state index contributed by atoms with van der Waals surface area (Å²) in [5.41, 5.74) is 5.09. The molecule has 0 amide bonds. The van der Waals surface area contributed by atoms with Gasteiger partial charge in [-0.05, 0) is 17.7 Å². The summed E-state index contributed by atoms with van der Waals surface area (Å²) in [5.74, 6) is -0.696. The Kier molecular flexibility index (Phi) is 3.88. The topological polar surface area (TPSA) is 52.3 Å². The number of hydrogen-bond acceptors (Lipinski definition) is 3. The Morgan fingerprint density at radius 1 is 1.05 bits per heavy atom. The van der Waals surface area contributed by atoms with Crippen molar-refractivity contribution >= 4 is 11.7 Å². The van der Waals surface area contributed by atoms with Gasteiger partial charge in [-0.25, -0.2) is 4.79 Å². The lowest BCUT2D eigenvalue weighted by Gasteiger charge is -2.15. The minimum absolute atomic E-state index is 0.0342. The van der Waals surface area contributed by atoms with Crippen molar-refractivity contribution in [3.8, 4) is 11.1 Å². The van der Waals surface area contributed by atoms with E-state index in [0.29, 0.717) is 0 Å². The predicted octanol–water partition coefficient (Wildman–Crippen LogP) is 3.74. The van der Waals surface area contributed by atoms with Crippen LogP contribution in [0.5, 0.6) is 0 Å². The number of carbonyl (C=O) groups is 1. The van der Waals surface area contributed by atoms with Crippen molar-refractivity contribution in [2.75, 3.05) is 12.8 Å². The summed E-state index contributed by atoms with van der Waals surface area (Å²) < 4.78 is 43.7. The van der Waals surface area contributed by atoms with Crippen molar-refractivity contribution in [3.63, 3.8) is 0 Å². The van der Waals surface area contributed by atoms with Gasteiger partial charge in [-0.3, -0.25) is 0 Å². The van der Waals surface area contributed by atoms with Crippen LogP contribution in [0, 0.1) is 0 Å². The molecule has 0 spiro atoms. The highest BCUT2D eigenvalue weighted by molar-refractivity contribution is 5.99. The molecule has 0 saturated heterocycles. The molecule has 0 heterocycles. The third kappa shape index (κ3) is 2.84. The smallest absolute Gasteiger partial charge is 0.417 e. The van der Waals surface area contributed by atoms with Crippen LogP contribution < -0.4 is 5.73 Å². The van der Waals surface area contributed by atoms with Crippen molar-refractivity contribution in [2.45, 2.75) is 6.18 Å². The van der Waals surface area contributed by atoms with Crippen LogP contribution in [-0.2, 0) is 10.9 Å². The molecular formula is C15H12F3NO2. The molecule has 0 saturated carbocycles. The first-order valence-electron chi connectivity index (χ1n) is 5.99. The van der Waals surface area contributed by atoms with Gasteiger partial charge in [-0.2, -0.15) is 13.2 Å². The number of alkyl halides is 3. The van der Waals surface area contributed by atoms with E-state index in [1.54, 1.807) is 0 Å². The SMILES string of the molecule is COC(=O)c1cccc(-c2ccccc2C(F)(F)F)c1N. The molecule has 3 nitrogen and oxygen atoms in total. The highest BCUT2D eigenvalue weighted by Gasteiger charge is 2.33. The Bertz CT molecular complexity index is 681. The molecule has 0 aliphatic carbocycles. The molecular weight excluding hydrogens is 283 g/mol. The molecule has 0 fully saturated rings. The lowest BCUT2D eigenvalue weighted by molar-refractivity contribution is -0.137. The molecule has 0 bridgehead atoms. The second-order valence-corrected chi connectivity index (χ2v) is 4.30. The number of para-hydroxylation sites is 1. The van der Waals surface area contributed by atoms with Crippen molar-refractivity contribution in [1.82, 2.24) is 0 Å². The summed E-state index contributed by atoms with van der Waals surface area (Å²) in [5, 5.41) is 0. The first kappa shape index (κ1) is 14.9. The lowest BCUT2D eigenvalue weighted by atomic mass is 9.96. The fourth-order valence-corrected chi connectivity index (χ4v) is 2.05. The number of carbonyl (C=O) groups excluding carboxylic acids is 1. The fraction of sp³-hybridized carbons (Fsp3) is 0.133. The molecule has 0 radical (unpaired) electrons. The van der Waals surface area contributed by atoms with Gasteiger partial charge in [0.05, 0.1) is 23.9 Å². The van der Waals surface area contributed by atoms with Crippen LogP contribution in [0.1, 0.15) is 15.9 Å². The van der Waals surface area contributed by atoms with Crippen LogP contribution >= 0.6 is 0 Å². The minimum atomic E-state index is -4.51. The number of methoxy groups -OCH3 is 1. The quantitative estimate of drug-likeness (QED) is 0.678. The zero-order valence-corrected chi connectivity index (χ0v) is 11.1. The minimum Gasteiger partial charge on any atom is -0.465 e. The van der Waals surface area contributed by atoms with Crippen LogP contribution in [0.3, 0.4) is 0 Å². The summed E-state index contributed by atoms with van der Waals surface area (Å²) in [7, 11) is 1.18. The molecule has 2 aromatic rings. The van der Waals surface area contributed by atoms with E-state index < -0.39 is 17.7 Å². The number of nitrogen functional groups attached to an aromatic ring is 1. The van der Waals surface area contributed by atoms with Gasteiger partial charge in [-0.15, -0.1) is 0 Å². The number of anilines is 1. The molecule has 21 heavy (non-hydrogen) atoms. The summed E-state index contributed by atoms with van der Waals surface area (Å²) in [6, 6.07) is 9.37. The third-order valence-corrected chi connectivity index (χ3v) is 3.03. The van der Waals surface area contributed by atoms with E-state index in [9.17, 15) is 18.0 Å². The standard InChI is InChI=1S/C15H12F3NO2/c1-21-14(20)11-7-4-6-10(13(11)19)9-5-2-3-8-12(9)15(16,17)18/h2-8H,19H2,1H3. The van der Waals surface area contributed by atoms with Crippen molar-refractivity contribution in [1.29, 1.82) is 0 Å².